The number of carboxylic acid groups (broad SMARTS) is 1. The lowest BCUT2D eigenvalue weighted by molar-refractivity contribution is 0.0697. The maximum Gasteiger partial charge on any atom is 0.335 e. The molecule has 1 saturated heterocycles. The minimum atomic E-state index is -0.881. The number of hydrogen-bond donors (Lipinski definition) is 1. The zero-order valence-corrected chi connectivity index (χ0v) is 20.8. The van der Waals surface area contributed by atoms with E-state index in [2.05, 4.69) is 64.1 Å². The zero-order chi connectivity index (χ0) is 22.7. The van der Waals surface area contributed by atoms with Crippen molar-refractivity contribution < 1.29 is 9.90 Å². The van der Waals surface area contributed by atoms with Gasteiger partial charge in [0.25, 0.3) is 0 Å². The Hall–Kier alpha value is -1.91. The molecule has 0 radical (unpaired) electrons. The monoisotopic (exact) mass is 478 g/mol. The van der Waals surface area contributed by atoms with Crippen LogP contribution in [0.2, 0.25) is 0 Å². The topological polar surface area (TPSA) is 37.3 Å². The van der Waals surface area contributed by atoms with Gasteiger partial charge in [0.1, 0.15) is 4.08 Å². The average molecular weight is 479 g/mol. The highest BCUT2D eigenvalue weighted by molar-refractivity contribution is 8.20. The van der Waals surface area contributed by atoms with E-state index in [4.69, 9.17) is 0 Å². The van der Waals surface area contributed by atoms with E-state index in [1.54, 1.807) is 12.1 Å². The van der Waals surface area contributed by atoms with Gasteiger partial charge in [-0.2, -0.15) is 0 Å². The van der Waals surface area contributed by atoms with Crippen LogP contribution in [0.15, 0.2) is 54.6 Å². The predicted octanol–water partition coefficient (Wildman–Crippen LogP) is 8.20. The van der Waals surface area contributed by atoms with Crippen molar-refractivity contribution in [1.82, 2.24) is 0 Å². The van der Waals surface area contributed by atoms with E-state index in [1.807, 2.05) is 29.6 Å². The summed E-state index contributed by atoms with van der Waals surface area (Å²) in [5, 5.41) is 11.4. The van der Waals surface area contributed by atoms with Crippen LogP contribution in [0.4, 0.5) is 0 Å². The van der Waals surface area contributed by atoms with Gasteiger partial charge in [0.2, 0.25) is 0 Å². The normalized spacial score (nSPS) is 20.1. The highest BCUT2D eigenvalue weighted by Crippen LogP contribution is 2.58. The quantitative estimate of drug-likeness (QED) is 0.411. The summed E-state index contributed by atoms with van der Waals surface area (Å²) in [6.07, 6.45) is 2.44. The molecule has 0 atom stereocenters. The van der Waals surface area contributed by atoms with Crippen LogP contribution in [0.25, 0.3) is 10.8 Å². The third kappa shape index (κ3) is 4.00. The lowest BCUT2D eigenvalue weighted by atomic mass is 9.63. The Morgan fingerprint density at radius 1 is 0.758 bits per heavy atom. The molecule has 0 spiro atoms. The van der Waals surface area contributed by atoms with Crippen LogP contribution in [0.3, 0.4) is 0 Å². The molecular formula is C29H34O2S2. The SMILES string of the molecule is C.CC1(C)CCC(C)(C)c2cc(C3(c4ccc5cc(C(=O)O)ccc5c4)SCCS3)ccc21. The summed E-state index contributed by atoms with van der Waals surface area (Å²) in [5.74, 6) is 1.38. The van der Waals surface area contributed by atoms with E-state index in [0.717, 1.165) is 22.3 Å². The molecule has 174 valence electrons. The molecule has 2 nitrogen and oxygen atoms in total. The highest BCUT2D eigenvalue weighted by Gasteiger charge is 2.42. The third-order valence-corrected chi connectivity index (χ3v) is 10.9. The standard InChI is InChI=1S/C28H30O2S2.CH4/c1-26(2)11-12-27(3,4)24-17-22(9-10-23(24)26)28(31-13-14-32-28)21-8-7-18-15-20(25(29)30)6-5-19(18)16-21;/h5-10,15-17H,11-14H2,1-4H3,(H,29,30);1H4. The fourth-order valence-corrected chi connectivity index (χ4v) is 8.54. The summed E-state index contributed by atoms with van der Waals surface area (Å²) in [4.78, 5) is 11.4. The summed E-state index contributed by atoms with van der Waals surface area (Å²) < 4.78 is -0.119. The van der Waals surface area contributed by atoms with Crippen LogP contribution in [0, 0.1) is 0 Å². The molecule has 0 bridgehead atoms. The Balaban J connectivity index is 0.00000259. The van der Waals surface area contributed by atoms with Gasteiger partial charge in [-0.05, 0) is 74.9 Å². The molecule has 33 heavy (non-hydrogen) atoms. The third-order valence-electron chi connectivity index (χ3n) is 7.39. The van der Waals surface area contributed by atoms with Crippen LogP contribution in [-0.4, -0.2) is 22.6 Å². The summed E-state index contributed by atoms with van der Waals surface area (Å²) in [5.41, 5.74) is 6.43. The average Bonchev–Trinajstić information content (AvgIpc) is 3.27. The van der Waals surface area contributed by atoms with Gasteiger partial charge < -0.3 is 5.11 Å². The molecule has 1 aliphatic carbocycles. The molecule has 2 aliphatic rings. The largest absolute Gasteiger partial charge is 0.478 e. The zero-order valence-electron chi connectivity index (χ0n) is 19.2. The molecule has 1 N–H and O–H groups in total. The van der Waals surface area contributed by atoms with E-state index >= 15 is 0 Å². The molecule has 1 fully saturated rings. The summed E-state index contributed by atoms with van der Waals surface area (Å²) in [7, 11) is 0. The number of rotatable bonds is 3. The summed E-state index contributed by atoms with van der Waals surface area (Å²) >= 11 is 4.06. The first kappa shape index (κ1) is 24.2. The molecule has 1 aliphatic heterocycles. The van der Waals surface area contributed by atoms with E-state index in [9.17, 15) is 9.90 Å². The molecule has 0 aromatic heterocycles. The summed E-state index contributed by atoms with van der Waals surface area (Å²) in [6.45, 7) is 9.54. The molecular weight excluding hydrogens is 444 g/mol. The van der Waals surface area contributed by atoms with Gasteiger partial charge in [-0.1, -0.05) is 71.5 Å². The Morgan fingerprint density at radius 3 is 1.97 bits per heavy atom. The van der Waals surface area contributed by atoms with Crippen molar-refractivity contribution in [2.75, 3.05) is 11.5 Å². The Kier molecular flexibility index (Phi) is 6.16. The van der Waals surface area contributed by atoms with Gasteiger partial charge in [-0.25, -0.2) is 4.79 Å². The number of fused-ring (bicyclic) bond motifs is 2. The number of thioether (sulfide) groups is 2. The van der Waals surface area contributed by atoms with Crippen molar-refractivity contribution in [3.05, 3.63) is 82.4 Å². The van der Waals surface area contributed by atoms with Crippen molar-refractivity contribution in [3.8, 4) is 0 Å². The molecule has 0 unspecified atom stereocenters. The van der Waals surface area contributed by atoms with Crippen LogP contribution < -0.4 is 0 Å². The molecule has 3 aromatic rings. The van der Waals surface area contributed by atoms with E-state index in [0.29, 0.717) is 5.56 Å². The molecule has 4 heteroatoms. The lowest BCUT2D eigenvalue weighted by Gasteiger charge is -2.43. The van der Waals surface area contributed by atoms with Gasteiger partial charge in [0.15, 0.2) is 0 Å². The number of hydrogen-bond acceptors (Lipinski definition) is 3. The van der Waals surface area contributed by atoms with Crippen molar-refractivity contribution in [2.24, 2.45) is 0 Å². The maximum absolute atomic E-state index is 11.4. The Morgan fingerprint density at radius 2 is 1.30 bits per heavy atom. The molecule has 5 rings (SSSR count). The van der Waals surface area contributed by atoms with Crippen molar-refractivity contribution in [1.29, 1.82) is 0 Å². The number of carbonyl (C=O) groups is 1. The highest BCUT2D eigenvalue weighted by atomic mass is 32.2. The lowest BCUT2D eigenvalue weighted by Crippen LogP contribution is -2.34. The molecule has 1 heterocycles. The van der Waals surface area contributed by atoms with Gasteiger partial charge in [0.05, 0.1) is 5.56 Å². The van der Waals surface area contributed by atoms with Crippen molar-refractivity contribution in [3.63, 3.8) is 0 Å². The molecule has 0 amide bonds. The summed E-state index contributed by atoms with van der Waals surface area (Å²) in [6, 6.07) is 19.2. The Bertz CT molecular complexity index is 1220. The molecule has 3 aromatic carbocycles. The first-order valence-corrected chi connectivity index (χ1v) is 13.3. The molecule has 0 saturated carbocycles. The van der Waals surface area contributed by atoms with Crippen LogP contribution in [-0.2, 0) is 14.9 Å². The number of carboxylic acids is 1. The van der Waals surface area contributed by atoms with Crippen LogP contribution >= 0.6 is 23.5 Å². The first-order valence-electron chi connectivity index (χ1n) is 11.3. The minimum absolute atomic E-state index is 0. The maximum atomic E-state index is 11.4. The Labute approximate surface area is 206 Å². The van der Waals surface area contributed by atoms with Crippen molar-refractivity contribution >= 4 is 40.3 Å². The van der Waals surface area contributed by atoms with Gasteiger partial charge in [-0.3, -0.25) is 0 Å². The fourth-order valence-electron chi connectivity index (χ4n) is 5.29. The predicted molar refractivity (Wildman–Crippen MR) is 145 cm³/mol. The number of benzene rings is 3. The van der Waals surface area contributed by atoms with Gasteiger partial charge in [-0.15, -0.1) is 23.5 Å². The van der Waals surface area contributed by atoms with Crippen LogP contribution in [0.1, 0.15) is 80.6 Å². The van der Waals surface area contributed by atoms with Crippen molar-refractivity contribution in [2.45, 2.75) is 62.9 Å². The second-order valence-corrected chi connectivity index (χ2v) is 13.3. The van der Waals surface area contributed by atoms with E-state index < -0.39 is 5.97 Å². The first-order chi connectivity index (χ1) is 15.1. The van der Waals surface area contributed by atoms with Crippen LogP contribution in [0.5, 0.6) is 0 Å². The minimum Gasteiger partial charge on any atom is -0.478 e. The van der Waals surface area contributed by atoms with Gasteiger partial charge in [0, 0.05) is 11.5 Å². The second kappa shape index (κ2) is 8.39. The smallest absolute Gasteiger partial charge is 0.335 e. The van der Waals surface area contributed by atoms with E-state index in [1.165, 1.54) is 35.1 Å². The van der Waals surface area contributed by atoms with Gasteiger partial charge >= 0.3 is 5.97 Å². The second-order valence-electron chi connectivity index (χ2n) is 10.4. The van der Waals surface area contributed by atoms with E-state index in [-0.39, 0.29) is 22.3 Å². The number of aromatic carboxylic acids is 1. The fraction of sp³-hybridized carbons (Fsp3) is 0.414.